The third-order valence-corrected chi connectivity index (χ3v) is 5.85. The Balaban J connectivity index is 1.50. The van der Waals surface area contributed by atoms with Crippen LogP contribution in [0.4, 0.5) is 0 Å². The molecule has 1 aromatic carbocycles. The maximum Gasteiger partial charge on any atom is 0.280 e. The van der Waals surface area contributed by atoms with E-state index >= 15 is 0 Å². The van der Waals surface area contributed by atoms with Crippen molar-refractivity contribution in [2.75, 3.05) is 40.0 Å². The van der Waals surface area contributed by atoms with Gasteiger partial charge < -0.3 is 14.0 Å². The van der Waals surface area contributed by atoms with E-state index in [1.807, 2.05) is 42.6 Å². The molecule has 0 radical (unpaired) electrons. The second kappa shape index (κ2) is 9.15. The van der Waals surface area contributed by atoms with Gasteiger partial charge in [0.2, 0.25) is 0 Å². The molecular weight excluding hydrogens is 408 g/mol. The Labute approximate surface area is 185 Å². The van der Waals surface area contributed by atoms with E-state index in [4.69, 9.17) is 14.6 Å². The Kier molecular flexibility index (Phi) is 5.93. The van der Waals surface area contributed by atoms with E-state index in [2.05, 4.69) is 15.1 Å². The first kappa shape index (κ1) is 20.7. The van der Waals surface area contributed by atoms with Crippen molar-refractivity contribution in [3.8, 4) is 11.1 Å². The molecule has 0 unspecified atom stereocenters. The zero-order chi connectivity index (χ0) is 21.9. The lowest BCUT2D eigenvalue weighted by atomic mass is 10.1. The zero-order valence-electron chi connectivity index (χ0n) is 18.1. The molecule has 0 spiro atoms. The number of nitrogens with zero attached hydrogens (tertiary/aromatic N) is 6. The summed E-state index contributed by atoms with van der Waals surface area (Å²) in [5, 5.41) is 13.4. The first-order valence-corrected chi connectivity index (χ1v) is 10.9. The average molecular weight is 435 g/mol. The van der Waals surface area contributed by atoms with Gasteiger partial charge in [0.15, 0.2) is 11.2 Å². The van der Waals surface area contributed by atoms with Gasteiger partial charge in [-0.3, -0.25) is 9.69 Å². The lowest BCUT2D eigenvalue weighted by Crippen LogP contribution is -2.37. The van der Waals surface area contributed by atoms with Crippen LogP contribution in [0.3, 0.4) is 0 Å². The van der Waals surface area contributed by atoms with Crippen LogP contribution in [0, 0.1) is 0 Å². The van der Waals surface area contributed by atoms with Crippen molar-refractivity contribution in [2.24, 2.45) is 0 Å². The third-order valence-electron chi connectivity index (χ3n) is 5.85. The molecule has 0 atom stereocenters. The first-order chi connectivity index (χ1) is 15.8. The number of fused-ring (bicyclic) bond motifs is 3. The summed E-state index contributed by atoms with van der Waals surface area (Å²) >= 11 is 0. The van der Waals surface area contributed by atoms with Crippen molar-refractivity contribution >= 4 is 16.7 Å². The minimum Gasteiger partial charge on any atom is -0.379 e. The zero-order valence-corrected chi connectivity index (χ0v) is 18.1. The van der Waals surface area contributed by atoms with Crippen LogP contribution >= 0.6 is 0 Å². The molecule has 1 aliphatic rings. The summed E-state index contributed by atoms with van der Waals surface area (Å²) in [4.78, 5) is 15.5. The second-order valence-corrected chi connectivity index (χ2v) is 7.91. The Bertz CT molecular complexity index is 1280. The van der Waals surface area contributed by atoms with Gasteiger partial charge >= 0.3 is 0 Å². The van der Waals surface area contributed by atoms with Crippen molar-refractivity contribution < 1.29 is 9.47 Å². The molecule has 4 aromatic rings. The molecule has 32 heavy (non-hydrogen) atoms. The van der Waals surface area contributed by atoms with Crippen molar-refractivity contribution in [3.63, 3.8) is 0 Å². The largest absolute Gasteiger partial charge is 0.379 e. The molecule has 166 valence electrons. The van der Waals surface area contributed by atoms with Crippen LogP contribution in [-0.2, 0) is 22.6 Å². The van der Waals surface area contributed by atoms with Gasteiger partial charge in [-0.1, -0.05) is 30.3 Å². The summed E-state index contributed by atoms with van der Waals surface area (Å²) in [5.74, 6) is 0. The van der Waals surface area contributed by atoms with Crippen LogP contribution in [0.25, 0.3) is 27.8 Å². The predicted molar refractivity (Wildman–Crippen MR) is 121 cm³/mol. The molecular formula is C23H26N6O3. The third kappa shape index (κ3) is 3.90. The highest BCUT2D eigenvalue weighted by atomic mass is 16.5. The Morgan fingerprint density at radius 2 is 1.88 bits per heavy atom. The van der Waals surface area contributed by atoms with Crippen LogP contribution in [0.1, 0.15) is 12.1 Å². The molecule has 1 aliphatic heterocycles. The van der Waals surface area contributed by atoms with E-state index < -0.39 is 0 Å². The van der Waals surface area contributed by atoms with Gasteiger partial charge in [0.25, 0.3) is 5.56 Å². The number of hydrogen-bond donors (Lipinski definition) is 0. The van der Waals surface area contributed by atoms with E-state index in [1.165, 1.54) is 0 Å². The van der Waals surface area contributed by atoms with Crippen molar-refractivity contribution in [2.45, 2.75) is 19.6 Å². The van der Waals surface area contributed by atoms with Gasteiger partial charge in [-0.15, -0.1) is 10.2 Å². The Morgan fingerprint density at radius 3 is 2.66 bits per heavy atom. The molecule has 0 N–H and O–H groups in total. The van der Waals surface area contributed by atoms with Crippen molar-refractivity contribution in [3.05, 3.63) is 58.6 Å². The minimum atomic E-state index is -0.149. The maximum absolute atomic E-state index is 13.1. The highest BCUT2D eigenvalue weighted by Crippen LogP contribution is 2.28. The summed E-state index contributed by atoms with van der Waals surface area (Å²) in [5.41, 5.74) is 4.04. The van der Waals surface area contributed by atoms with Crippen LogP contribution in [-0.4, -0.2) is 69.2 Å². The summed E-state index contributed by atoms with van der Waals surface area (Å²) in [7, 11) is 1.64. The van der Waals surface area contributed by atoms with Gasteiger partial charge in [0, 0.05) is 39.5 Å². The standard InChI is InChI=1S/C23H26N6O3/c1-31-16-18-20(17-6-3-2-4-7-17)22-25-24-21-19(29(22)26-18)8-11-28(23(21)30)10-5-9-27-12-14-32-15-13-27/h2-4,6-8,11H,5,9-10,12-16H2,1H3. The monoisotopic (exact) mass is 434 g/mol. The van der Waals surface area contributed by atoms with Gasteiger partial charge in [0.05, 0.1) is 31.1 Å². The SMILES string of the molecule is COCc1nn2c(nnc3c(=O)n(CCCN4CCOCC4)ccc32)c1-c1ccccc1. The minimum absolute atomic E-state index is 0.149. The number of ether oxygens (including phenoxy) is 2. The first-order valence-electron chi connectivity index (χ1n) is 10.9. The van der Waals surface area contributed by atoms with Crippen molar-refractivity contribution in [1.82, 2.24) is 29.3 Å². The number of benzene rings is 1. The molecule has 1 saturated heterocycles. The van der Waals surface area contributed by atoms with E-state index in [9.17, 15) is 4.79 Å². The summed E-state index contributed by atoms with van der Waals surface area (Å²) < 4.78 is 14.2. The van der Waals surface area contributed by atoms with Crippen molar-refractivity contribution in [1.29, 1.82) is 0 Å². The number of pyridine rings is 1. The summed E-state index contributed by atoms with van der Waals surface area (Å²) in [6.45, 7) is 5.37. The van der Waals surface area contributed by atoms with Gasteiger partial charge in [-0.05, 0) is 18.1 Å². The van der Waals surface area contributed by atoms with Crippen LogP contribution in [0.2, 0.25) is 0 Å². The van der Waals surface area contributed by atoms with Gasteiger partial charge in [-0.2, -0.15) is 5.10 Å². The topological polar surface area (TPSA) is 86.8 Å². The average Bonchev–Trinajstić information content (AvgIpc) is 3.20. The Hall–Kier alpha value is -3.14. The van der Waals surface area contributed by atoms with Crippen LogP contribution in [0.15, 0.2) is 47.4 Å². The lowest BCUT2D eigenvalue weighted by Gasteiger charge is -2.26. The summed E-state index contributed by atoms with van der Waals surface area (Å²) in [6.07, 6.45) is 2.71. The van der Waals surface area contributed by atoms with Crippen LogP contribution < -0.4 is 5.56 Å². The molecule has 9 nitrogen and oxygen atoms in total. The second-order valence-electron chi connectivity index (χ2n) is 7.91. The quantitative estimate of drug-likeness (QED) is 0.440. The molecule has 0 bridgehead atoms. The normalized spacial score (nSPS) is 15.0. The molecule has 0 amide bonds. The van der Waals surface area contributed by atoms with E-state index in [0.717, 1.165) is 56.1 Å². The van der Waals surface area contributed by atoms with Crippen LogP contribution in [0.5, 0.6) is 0 Å². The van der Waals surface area contributed by atoms with E-state index in [1.54, 1.807) is 16.2 Å². The molecule has 3 aromatic heterocycles. The number of hydrogen-bond acceptors (Lipinski definition) is 7. The molecule has 4 heterocycles. The molecule has 9 heteroatoms. The number of rotatable bonds is 7. The number of aryl methyl sites for hydroxylation is 1. The number of methoxy groups -OCH3 is 1. The van der Waals surface area contributed by atoms with Gasteiger partial charge in [0.1, 0.15) is 5.52 Å². The Morgan fingerprint density at radius 1 is 1.06 bits per heavy atom. The fourth-order valence-corrected chi connectivity index (χ4v) is 4.23. The maximum atomic E-state index is 13.1. The lowest BCUT2D eigenvalue weighted by molar-refractivity contribution is 0.0369. The fraction of sp³-hybridized carbons (Fsp3) is 0.391. The predicted octanol–water partition coefficient (Wildman–Crippen LogP) is 1.97. The fourth-order valence-electron chi connectivity index (χ4n) is 4.23. The highest BCUT2D eigenvalue weighted by Gasteiger charge is 2.19. The smallest absolute Gasteiger partial charge is 0.280 e. The number of aromatic nitrogens is 5. The number of morpholine rings is 1. The molecule has 1 fully saturated rings. The molecule has 0 aliphatic carbocycles. The summed E-state index contributed by atoms with van der Waals surface area (Å²) in [6, 6.07) is 11.8. The van der Waals surface area contributed by atoms with E-state index in [0.29, 0.717) is 29.8 Å². The van der Waals surface area contributed by atoms with Gasteiger partial charge in [-0.25, -0.2) is 4.52 Å². The highest BCUT2D eigenvalue weighted by molar-refractivity contribution is 5.84. The van der Waals surface area contributed by atoms with E-state index in [-0.39, 0.29) is 5.56 Å². The molecule has 0 saturated carbocycles. The molecule has 5 rings (SSSR count).